The molecule has 0 radical (unpaired) electrons. The van der Waals surface area contributed by atoms with Crippen LogP contribution >= 0.6 is 35.7 Å². The number of aliphatic imine (C=N–C) groups is 1. The summed E-state index contributed by atoms with van der Waals surface area (Å²) in [5, 5.41) is 7.78. The van der Waals surface area contributed by atoms with Crippen LogP contribution < -0.4 is 5.32 Å². The highest BCUT2D eigenvalue weighted by Gasteiger charge is 2.38. The second-order valence-corrected chi connectivity index (χ2v) is 8.32. The van der Waals surface area contributed by atoms with E-state index >= 15 is 0 Å². The summed E-state index contributed by atoms with van der Waals surface area (Å²) in [7, 11) is 3.87. The molecule has 5 nitrogen and oxygen atoms in total. The Morgan fingerprint density at radius 1 is 1.38 bits per heavy atom. The molecule has 136 valence electrons. The average Bonchev–Trinajstić information content (AvgIpc) is 2.98. The van der Waals surface area contributed by atoms with E-state index in [-0.39, 0.29) is 24.0 Å². The van der Waals surface area contributed by atoms with Crippen LogP contribution in [0.1, 0.15) is 37.7 Å². The quantitative estimate of drug-likeness (QED) is 0.426. The Kier molecular flexibility index (Phi) is 7.71. The van der Waals surface area contributed by atoms with Gasteiger partial charge in [-0.2, -0.15) is 16.9 Å². The standard InChI is InChI=1S/C17H29N5S.HI/c1-18-16(19-9-6-15-12-20-21(2)13-15)22-10-11-23-17(14-22)7-4-3-5-8-17;/h12-13H,3-11,14H2,1-2H3,(H,18,19);1H. The van der Waals surface area contributed by atoms with Crippen LogP contribution in [-0.2, 0) is 13.5 Å². The number of nitrogens with one attached hydrogen (secondary N) is 1. The van der Waals surface area contributed by atoms with E-state index in [2.05, 4.69) is 38.3 Å². The molecular weight excluding hydrogens is 433 g/mol. The third-order valence-corrected chi connectivity index (χ3v) is 6.52. The zero-order chi connectivity index (χ0) is 16.1. The van der Waals surface area contributed by atoms with Gasteiger partial charge in [-0.1, -0.05) is 19.3 Å². The number of hydrogen-bond donors (Lipinski definition) is 1. The molecule has 3 rings (SSSR count). The lowest BCUT2D eigenvalue weighted by molar-refractivity contribution is 0.293. The molecule has 1 N–H and O–H groups in total. The molecule has 1 saturated heterocycles. The van der Waals surface area contributed by atoms with Gasteiger partial charge in [0.05, 0.1) is 6.20 Å². The van der Waals surface area contributed by atoms with Gasteiger partial charge in [0.2, 0.25) is 0 Å². The first-order valence-electron chi connectivity index (χ1n) is 8.78. The zero-order valence-corrected chi connectivity index (χ0v) is 18.0. The molecule has 24 heavy (non-hydrogen) atoms. The molecule has 0 bridgehead atoms. The highest BCUT2D eigenvalue weighted by Crippen LogP contribution is 2.42. The van der Waals surface area contributed by atoms with Gasteiger partial charge in [0.15, 0.2) is 5.96 Å². The number of halogens is 1. The van der Waals surface area contributed by atoms with Crippen molar-refractivity contribution in [1.29, 1.82) is 0 Å². The summed E-state index contributed by atoms with van der Waals surface area (Å²) >= 11 is 2.21. The molecule has 1 aliphatic carbocycles. The molecule has 7 heteroatoms. The number of thioether (sulfide) groups is 1. The minimum absolute atomic E-state index is 0. The first kappa shape index (κ1) is 19.9. The molecule has 0 amide bonds. The van der Waals surface area contributed by atoms with Crippen LogP contribution in [0.4, 0.5) is 0 Å². The van der Waals surface area contributed by atoms with Crippen molar-refractivity contribution in [2.24, 2.45) is 12.0 Å². The Morgan fingerprint density at radius 2 is 2.17 bits per heavy atom. The van der Waals surface area contributed by atoms with Crippen LogP contribution in [0.2, 0.25) is 0 Å². The number of nitrogens with zero attached hydrogens (tertiary/aromatic N) is 4. The van der Waals surface area contributed by atoms with Gasteiger partial charge in [0.1, 0.15) is 0 Å². The monoisotopic (exact) mass is 463 g/mol. The third kappa shape index (κ3) is 5.03. The Hall–Kier alpha value is -0.440. The Morgan fingerprint density at radius 3 is 2.83 bits per heavy atom. The molecule has 1 aliphatic heterocycles. The molecule has 2 heterocycles. The Balaban J connectivity index is 0.00000208. The van der Waals surface area contributed by atoms with Crippen LogP contribution in [0, 0.1) is 0 Å². The van der Waals surface area contributed by atoms with Gasteiger partial charge in [0.25, 0.3) is 0 Å². The van der Waals surface area contributed by atoms with Gasteiger partial charge >= 0.3 is 0 Å². The topological polar surface area (TPSA) is 45.5 Å². The van der Waals surface area contributed by atoms with Crippen molar-refractivity contribution in [3.63, 3.8) is 0 Å². The lowest BCUT2D eigenvalue weighted by Gasteiger charge is -2.45. The van der Waals surface area contributed by atoms with Crippen LogP contribution in [-0.4, -0.2) is 57.8 Å². The van der Waals surface area contributed by atoms with E-state index in [1.807, 2.05) is 25.0 Å². The minimum atomic E-state index is 0. The fourth-order valence-corrected chi connectivity index (χ4v) is 5.35. The van der Waals surface area contributed by atoms with Crippen molar-refractivity contribution in [3.05, 3.63) is 18.0 Å². The lowest BCUT2D eigenvalue weighted by Crippen LogP contribution is -2.53. The molecule has 0 aromatic carbocycles. The molecule has 1 aromatic heterocycles. The molecular formula is C17H30IN5S. The Labute approximate surface area is 167 Å². The van der Waals surface area contributed by atoms with Crippen LogP contribution in [0.3, 0.4) is 0 Å². The summed E-state index contributed by atoms with van der Waals surface area (Å²) in [5.74, 6) is 2.29. The van der Waals surface area contributed by atoms with E-state index in [4.69, 9.17) is 0 Å². The molecule has 0 atom stereocenters. The van der Waals surface area contributed by atoms with Crippen molar-refractivity contribution in [1.82, 2.24) is 20.0 Å². The van der Waals surface area contributed by atoms with Gasteiger partial charge in [-0.15, -0.1) is 24.0 Å². The fourth-order valence-electron chi connectivity index (χ4n) is 3.78. The summed E-state index contributed by atoms with van der Waals surface area (Å²) < 4.78 is 2.34. The summed E-state index contributed by atoms with van der Waals surface area (Å²) in [6.07, 6.45) is 12.0. The highest BCUT2D eigenvalue weighted by atomic mass is 127. The van der Waals surface area contributed by atoms with Crippen molar-refractivity contribution in [2.45, 2.75) is 43.3 Å². The van der Waals surface area contributed by atoms with Gasteiger partial charge in [-0.25, -0.2) is 0 Å². The van der Waals surface area contributed by atoms with E-state index in [0.29, 0.717) is 4.75 Å². The summed E-state index contributed by atoms with van der Waals surface area (Å²) in [6, 6.07) is 0. The van der Waals surface area contributed by atoms with Crippen LogP contribution in [0.25, 0.3) is 0 Å². The zero-order valence-electron chi connectivity index (χ0n) is 14.8. The van der Waals surface area contributed by atoms with Gasteiger partial charge in [-0.05, 0) is 24.8 Å². The van der Waals surface area contributed by atoms with Crippen molar-refractivity contribution < 1.29 is 0 Å². The minimum Gasteiger partial charge on any atom is -0.356 e. The maximum Gasteiger partial charge on any atom is 0.193 e. The lowest BCUT2D eigenvalue weighted by atomic mass is 9.87. The number of hydrogen-bond acceptors (Lipinski definition) is 3. The predicted octanol–water partition coefficient (Wildman–Crippen LogP) is 2.91. The maximum absolute atomic E-state index is 4.53. The van der Waals surface area contributed by atoms with Gasteiger partial charge in [-0.3, -0.25) is 9.67 Å². The first-order chi connectivity index (χ1) is 11.2. The van der Waals surface area contributed by atoms with Gasteiger partial charge in [0, 0.05) is 50.4 Å². The van der Waals surface area contributed by atoms with E-state index in [1.54, 1.807) is 0 Å². The molecule has 1 saturated carbocycles. The second-order valence-electron chi connectivity index (χ2n) is 6.76. The van der Waals surface area contributed by atoms with Crippen molar-refractivity contribution in [3.8, 4) is 0 Å². The molecule has 2 aliphatic rings. The Bertz CT molecular complexity index is 533. The molecule has 1 spiro atoms. The number of rotatable bonds is 3. The van der Waals surface area contributed by atoms with E-state index in [9.17, 15) is 0 Å². The van der Waals surface area contributed by atoms with Crippen molar-refractivity contribution >= 4 is 41.7 Å². The molecule has 2 fully saturated rings. The number of guanidine groups is 1. The number of aromatic nitrogens is 2. The summed E-state index contributed by atoms with van der Waals surface area (Å²) in [5.41, 5.74) is 1.27. The molecule has 1 aromatic rings. The van der Waals surface area contributed by atoms with E-state index < -0.39 is 0 Å². The van der Waals surface area contributed by atoms with Crippen molar-refractivity contribution in [2.75, 3.05) is 32.4 Å². The smallest absolute Gasteiger partial charge is 0.193 e. The average molecular weight is 463 g/mol. The molecule has 0 unspecified atom stereocenters. The summed E-state index contributed by atoms with van der Waals surface area (Å²) in [4.78, 5) is 7.00. The fraction of sp³-hybridized carbons (Fsp3) is 0.765. The SMILES string of the molecule is CN=C(NCCc1cnn(C)c1)N1CCSC2(CCCCC2)C1.I. The first-order valence-corrected chi connectivity index (χ1v) is 9.76. The third-order valence-electron chi connectivity index (χ3n) is 4.98. The van der Waals surface area contributed by atoms with E-state index in [0.717, 1.165) is 32.0 Å². The predicted molar refractivity (Wildman–Crippen MR) is 114 cm³/mol. The van der Waals surface area contributed by atoms with Crippen LogP contribution in [0.15, 0.2) is 17.4 Å². The van der Waals surface area contributed by atoms with Crippen LogP contribution in [0.5, 0.6) is 0 Å². The highest BCUT2D eigenvalue weighted by molar-refractivity contribution is 14.0. The van der Waals surface area contributed by atoms with E-state index in [1.165, 1.54) is 43.4 Å². The normalized spacial score (nSPS) is 20.8. The number of aryl methyl sites for hydroxylation is 1. The summed E-state index contributed by atoms with van der Waals surface area (Å²) in [6.45, 7) is 3.18. The maximum atomic E-state index is 4.53. The van der Waals surface area contributed by atoms with Gasteiger partial charge < -0.3 is 10.2 Å². The largest absolute Gasteiger partial charge is 0.356 e. The second kappa shape index (κ2) is 9.31.